The molecule has 0 aliphatic carbocycles. The molecule has 1 heterocycles. The molecule has 0 atom stereocenters. The van der Waals surface area contributed by atoms with Crippen molar-refractivity contribution in [3.63, 3.8) is 0 Å². The molecule has 0 aliphatic heterocycles. The number of rotatable bonds is 4. The van der Waals surface area contributed by atoms with Gasteiger partial charge in [0.2, 0.25) is 0 Å². The fraction of sp³-hybridized carbons (Fsp3) is 0.231. The van der Waals surface area contributed by atoms with Gasteiger partial charge in [0, 0.05) is 11.6 Å². The first-order valence-corrected chi connectivity index (χ1v) is 6.00. The Labute approximate surface area is 110 Å². The van der Waals surface area contributed by atoms with Crippen molar-refractivity contribution >= 4 is 17.4 Å². The second-order valence-corrected chi connectivity index (χ2v) is 4.36. The Hall–Kier alpha value is -1.68. The van der Waals surface area contributed by atoms with Gasteiger partial charge in [-0.05, 0) is 31.0 Å². The highest BCUT2D eigenvalue weighted by atomic mass is 35.5. The van der Waals surface area contributed by atoms with Crippen LogP contribution in [0.3, 0.4) is 0 Å². The van der Waals surface area contributed by atoms with Gasteiger partial charge in [-0.3, -0.25) is 0 Å². The van der Waals surface area contributed by atoms with Gasteiger partial charge >= 0.3 is 0 Å². The Morgan fingerprint density at radius 2 is 1.94 bits per heavy atom. The van der Waals surface area contributed by atoms with Gasteiger partial charge in [-0.25, -0.2) is 14.4 Å². The van der Waals surface area contributed by atoms with Gasteiger partial charge in [-0.15, -0.1) is 0 Å². The SMILES string of the molecule is Cc1ncnc(NCCc2ccc(Cl)cc2)c1F. The summed E-state index contributed by atoms with van der Waals surface area (Å²) in [4.78, 5) is 7.64. The van der Waals surface area contributed by atoms with Crippen LogP contribution in [0.5, 0.6) is 0 Å². The summed E-state index contributed by atoms with van der Waals surface area (Å²) >= 11 is 5.80. The van der Waals surface area contributed by atoms with Gasteiger partial charge in [0.05, 0.1) is 5.69 Å². The van der Waals surface area contributed by atoms with Crippen molar-refractivity contribution in [2.24, 2.45) is 0 Å². The van der Waals surface area contributed by atoms with E-state index in [1.165, 1.54) is 6.33 Å². The molecule has 0 saturated heterocycles. The van der Waals surface area contributed by atoms with E-state index in [1.54, 1.807) is 6.92 Å². The number of halogens is 2. The zero-order valence-corrected chi connectivity index (χ0v) is 10.7. The lowest BCUT2D eigenvalue weighted by Crippen LogP contribution is -2.09. The van der Waals surface area contributed by atoms with Gasteiger partial charge in [-0.2, -0.15) is 0 Å². The average Bonchev–Trinajstić information content (AvgIpc) is 2.37. The maximum atomic E-state index is 13.6. The van der Waals surface area contributed by atoms with Crippen LogP contribution in [-0.2, 0) is 6.42 Å². The molecule has 0 fully saturated rings. The maximum Gasteiger partial charge on any atom is 0.186 e. The van der Waals surface area contributed by atoms with Gasteiger partial charge in [0.15, 0.2) is 11.6 Å². The average molecular weight is 266 g/mol. The van der Waals surface area contributed by atoms with Gasteiger partial charge in [-0.1, -0.05) is 23.7 Å². The lowest BCUT2D eigenvalue weighted by molar-refractivity contribution is 0.604. The Kier molecular flexibility index (Phi) is 4.10. The van der Waals surface area contributed by atoms with Crippen molar-refractivity contribution in [3.8, 4) is 0 Å². The molecule has 1 N–H and O–H groups in total. The summed E-state index contributed by atoms with van der Waals surface area (Å²) in [5.41, 5.74) is 1.48. The normalized spacial score (nSPS) is 10.4. The highest BCUT2D eigenvalue weighted by molar-refractivity contribution is 6.30. The van der Waals surface area contributed by atoms with Crippen LogP contribution < -0.4 is 5.32 Å². The molecule has 0 aliphatic rings. The fourth-order valence-corrected chi connectivity index (χ4v) is 1.68. The first kappa shape index (κ1) is 12.8. The van der Waals surface area contributed by atoms with Gasteiger partial charge in [0.1, 0.15) is 6.33 Å². The molecule has 0 unspecified atom stereocenters. The van der Waals surface area contributed by atoms with Crippen LogP contribution >= 0.6 is 11.6 Å². The number of hydrogen-bond acceptors (Lipinski definition) is 3. The molecule has 0 spiro atoms. The lowest BCUT2D eigenvalue weighted by Gasteiger charge is -2.07. The van der Waals surface area contributed by atoms with Crippen molar-refractivity contribution in [2.45, 2.75) is 13.3 Å². The van der Waals surface area contributed by atoms with Crippen molar-refractivity contribution in [3.05, 3.63) is 52.7 Å². The summed E-state index contributed by atoms with van der Waals surface area (Å²) in [7, 11) is 0. The molecule has 2 aromatic rings. The zero-order valence-electron chi connectivity index (χ0n) is 9.95. The molecule has 0 amide bonds. The summed E-state index contributed by atoms with van der Waals surface area (Å²) in [6.07, 6.45) is 2.13. The predicted molar refractivity (Wildman–Crippen MR) is 70.4 cm³/mol. The molecule has 0 bridgehead atoms. The number of nitrogens with one attached hydrogen (secondary N) is 1. The molecule has 18 heavy (non-hydrogen) atoms. The van der Waals surface area contributed by atoms with E-state index in [4.69, 9.17) is 11.6 Å². The van der Waals surface area contributed by atoms with E-state index < -0.39 is 5.82 Å². The van der Waals surface area contributed by atoms with Crippen LogP contribution in [0.4, 0.5) is 10.2 Å². The minimum absolute atomic E-state index is 0.247. The topological polar surface area (TPSA) is 37.8 Å². The molecule has 1 aromatic heterocycles. The molecule has 0 saturated carbocycles. The highest BCUT2D eigenvalue weighted by Crippen LogP contribution is 2.13. The monoisotopic (exact) mass is 265 g/mol. The van der Waals surface area contributed by atoms with Gasteiger partial charge in [0.25, 0.3) is 0 Å². The third kappa shape index (κ3) is 3.17. The number of aromatic nitrogens is 2. The van der Waals surface area contributed by atoms with Crippen molar-refractivity contribution < 1.29 is 4.39 Å². The molecule has 2 rings (SSSR count). The molecule has 5 heteroatoms. The van der Waals surface area contributed by atoms with Crippen molar-refractivity contribution in [2.75, 3.05) is 11.9 Å². The molecule has 1 aromatic carbocycles. The molecular formula is C13H13ClFN3. The molecular weight excluding hydrogens is 253 g/mol. The number of anilines is 1. The summed E-state index contributed by atoms with van der Waals surface area (Å²) in [5.74, 6) is -0.148. The number of aryl methyl sites for hydroxylation is 1. The summed E-state index contributed by atoms with van der Waals surface area (Å²) in [5, 5.41) is 3.67. The van der Waals surface area contributed by atoms with Crippen molar-refractivity contribution in [1.82, 2.24) is 9.97 Å². The third-order valence-electron chi connectivity index (χ3n) is 2.58. The Bertz CT molecular complexity index is 528. The summed E-state index contributed by atoms with van der Waals surface area (Å²) in [6.45, 7) is 2.22. The van der Waals surface area contributed by atoms with E-state index in [0.717, 1.165) is 12.0 Å². The van der Waals surface area contributed by atoms with Crippen LogP contribution in [0, 0.1) is 12.7 Å². The number of benzene rings is 1. The standard InChI is InChI=1S/C13H13ClFN3/c1-9-12(15)13(18-8-17-9)16-7-6-10-2-4-11(14)5-3-10/h2-5,8H,6-7H2,1H3,(H,16,17,18). The number of nitrogens with zero attached hydrogens (tertiary/aromatic N) is 2. The van der Waals surface area contributed by atoms with Crippen LogP contribution in [0.1, 0.15) is 11.3 Å². The molecule has 0 radical (unpaired) electrons. The van der Waals surface area contributed by atoms with Crippen molar-refractivity contribution in [1.29, 1.82) is 0 Å². The summed E-state index contributed by atoms with van der Waals surface area (Å²) < 4.78 is 13.6. The van der Waals surface area contributed by atoms with Crippen LogP contribution in [0.15, 0.2) is 30.6 Å². The largest absolute Gasteiger partial charge is 0.367 e. The van der Waals surface area contributed by atoms with Gasteiger partial charge < -0.3 is 5.32 Å². The lowest BCUT2D eigenvalue weighted by atomic mass is 10.1. The Balaban J connectivity index is 1.92. The summed E-state index contributed by atoms with van der Waals surface area (Å²) in [6, 6.07) is 7.58. The Morgan fingerprint density at radius 3 is 2.67 bits per heavy atom. The maximum absolute atomic E-state index is 13.6. The molecule has 3 nitrogen and oxygen atoms in total. The minimum atomic E-state index is -0.395. The van der Waals surface area contributed by atoms with E-state index in [0.29, 0.717) is 17.3 Å². The van der Waals surface area contributed by atoms with E-state index in [-0.39, 0.29) is 5.82 Å². The third-order valence-corrected chi connectivity index (χ3v) is 2.84. The fourth-order valence-electron chi connectivity index (χ4n) is 1.56. The van der Waals surface area contributed by atoms with Crippen LogP contribution in [0.2, 0.25) is 5.02 Å². The van der Waals surface area contributed by atoms with Crippen LogP contribution in [-0.4, -0.2) is 16.5 Å². The smallest absolute Gasteiger partial charge is 0.186 e. The van der Waals surface area contributed by atoms with E-state index >= 15 is 0 Å². The quantitative estimate of drug-likeness (QED) is 0.922. The second kappa shape index (κ2) is 5.78. The first-order valence-electron chi connectivity index (χ1n) is 5.62. The highest BCUT2D eigenvalue weighted by Gasteiger charge is 2.06. The number of hydrogen-bond donors (Lipinski definition) is 1. The second-order valence-electron chi connectivity index (χ2n) is 3.92. The van der Waals surface area contributed by atoms with Crippen LogP contribution in [0.25, 0.3) is 0 Å². The van der Waals surface area contributed by atoms with E-state index in [2.05, 4.69) is 15.3 Å². The van der Waals surface area contributed by atoms with E-state index in [9.17, 15) is 4.39 Å². The Morgan fingerprint density at radius 1 is 1.22 bits per heavy atom. The first-order chi connectivity index (χ1) is 8.66. The minimum Gasteiger partial charge on any atom is -0.367 e. The zero-order chi connectivity index (χ0) is 13.0. The molecule has 94 valence electrons. The predicted octanol–water partition coefficient (Wildman–Crippen LogP) is 3.23. The van der Waals surface area contributed by atoms with E-state index in [1.807, 2.05) is 24.3 Å².